The van der Waals surface area contributed by atoms with Crippen molar-refractivity contribution in [2.45, 2.75) is 115 Å². The van der Waals surface area contributed by atoms with Crippen LogP contribution in [0.25, 0.3) is 0 Å². The number of amides is 6. The molecule has 17 heteroatoms. The first-order chi connectivity index (χ1) is 27.4. The average molecular weight is 825 g/mol. The van der Waals surface area contributed by atoms with Gasteiger partial charge in [-0.2, -0.15) is 0 Å². The molecule has 2 fully saturated rings. The van der Waals surface area contributed by atoms with Crippen LogP contribution in [0.15, 0.2) is 48.5 Å². The number of nitrogens with two attached hydrogens (primary N) is 1. The maximum atomic E-state index is 14.6. The molecule has 16 nitrogen and oxygen atoms in total. The number of benzene rings is 2. The summed E-state index contributed by atoms with van der Waals surface area (Å²) >= 11 is 6.01. The van der Waals surface area contributed by atoms with Gasteiger partial charge in [0.05, 0.1) is 29.9 Å². The van der Waals surface area contributed by atoms with E-state index in [-0.39, 0.29) is 36.4 Å². The Morgan fingerprint density at radius 2 is 1.60 bits per heavy atom. The monoisotopic (exact) mass is 824 g/mol. The largest absolute Gasteiger partial charge is 0.478 e. The Morgan fingerprint density at radius 3 is 2.22 bits per heavy atom. The van der Waals surface area contributed by atoms with Crippen LogP contribution in [-0.4, -0.2) is 100 Å². The zero-order valence-electron chi connectivity index (χ0n) is 33.2. The Balaban J connectivity index is 1.51. The molecule has 1 aliphatic carbocycles. The van der Waals surface area contributed by atoms with E-state index in [0.29, 0.717) is 29.8 Å². The number of carboxylic acids is 1. The van der Waals surface area contributed by atoms with Gasteiger partial charge in [0.25, 0.3) is 11.8 Å². The highest BCUT2D eigenvalue weighted by Gasteiger charge is 2.46. The molecule has 0 radical (unpaired) electrons. The summed E-state index contributed by atoms with van der Waals surface area (Å²) < 4.78 is 6.22. The molecule has 6 amide bonds. The molecule has 0 aromatic heterocycles. The summed E-state index contributed by atoms with van der Waals surface area (Å²) in [5.74, 6) is -7.24. The summed E-state index contributed by atoms with van der Waals surface area (Å²) in [7, 11) is 0. The minimum Gasteiger partial charge on any atom is -0.478 e. The first kappa shape index (κ1) is 45.4. The van der Waals surface area contributed by atoms with Gasteiger partial charge in [0, 0.05) is 23.6 Å². The minimum absolute atomic E-state index is 0.00521. The molecule has 0 spiro atoms. The molecule has 0 bridgehead atoms. The highest BCUT2D eigenvalue weighted by Crippen LogP contribution is 2.31. The molecule has 2 aromatic rings. The highest BCUT2D eigenvalue weighted by molar-refractivity contribution is 6.38. The van der Waals surface area contributed by atoms with Crippen molar-refractivity contribution >= 4 is 58.8 Å². The van der Waals surface area contributed by atoms with Crippen LogP contribution in [0, 0.1) is 5.92 Å². The van der Waals surface area contributed by atoms with Gasteiger partial charge in [0.15, 0.2) is 0 Å². The van der Waals surface area contributed by atoms with E-state index in [2.05, 4.69) is 21.3 Å². The van der Waals surface area contributed by atoms with Gasteiger partial charge in [0.2, 0.25) is 29.4 Å². The van der Waals surface area contributed by atoms with Gasteiger partial charge in [-0.1, -0.05) is 62.4 Å². The number of hydrogen-bond donors (Lipinski definition) is 6. The number of ketones is 1. The van der Waals surface area contributed by atoms with E-state index < -0.39 is 89.6 Å². The topological polar surface area (TPSA) is 243 Å². The van der Waals surface area contributed by atoms with E-state index in [1.165, 1.54) is 41.3 Å². The molecule has 1 saturated carbocycles. The minimum atomic E-state index is -1.32. The van der Waals surface area contributed by atoms with E-state index in [0.717, 1.165) is 19.3 Å². The lowest BCUT2D eigenvalue weighted by Crippen LogP contribution is -2.58. The van der Waals surface area contributed by atoms with E-state index in [1.807, 2.05) is 20.8 Å². The number of halogens is 1. The predicted octanol–water partition coefficient (Wildman–Crippen LogP) is 2.81. The zero-order chi connectivity index (χ0) is 42.7. The van der Waals surface area contributed by atoms with Crippen molar-refractivity contribution in [1.82, 2.24) is 26.2 Å². The van der Waals surface area contributed by atoms with E-state index in [9.17, 15) is 43.5 Å². The van der Waals surface area contributed by atoms with E-state index >= 15 is 0 Å². The van der Waals surface area contributed by atoms with Gasteiger partial charge < -0.3 is 41.7 Å². The second-order valence-electron chi connectivity index (χ2n) is 15.7. The SMILES string of the molecule is CCCC(NC(=O)[C@@H]1C[C@@H](OC(C)(C)C)CN1C(=O)[C@@H](NC(=O)c1cccc(C(=O)O)c1)C1CCCCC1)C(=O)C(=O)NCC(=O)NC(C(N)=O)c1cccc(Cl)c1. The zero-order valence-corrected chi connectivity index (χ0v) is 33.9. The second kappa shape index (κ2) is 20.4. The number of aromatic carboxylic acids is 1. The van der Waals surface area contributed by atoms with Crippen LogP contribution < -0.4 is 27.0 Å². The van der Waals surface area contributed by atoms with Crippen LogP contribution >= 0.6 is 11.6 Å². The van der Waals surface area contributed by atoms with Gasteiger partial charge in [-0.3, -0.25) is 33.6 Å². The average Bonchev–Trinajstić information content (AvgIpc) is 3.60. The Kier molecular flexibility index (Phi) is 15.9. The summed E-state index contributed by atoms with van der Waals surface area (Å²) in [5.41, 5.74) is 5.11. The van der Waals surface area contributed by atoms with Crippen molar-refractivity contribution in [1.29, 1.82) is 0 Å². The van der Waals surface area contributed by atoms with Gasteiger partial charge in [-0.05, 0) is 81.8 Å². The third-order valence-electron chi connectivity index (χ3n) is 10.0. The summed E-state index contributed by atoms with van der Waals surface area (Å²) in [6.07, 6.45) is 3.82. The maximum Gasteiger partial charge on any atom is 0.335 e. The number of rotatable bonds is 17. The van der Waals surface area contributed by atoms with Crippen molar-refractivity contribution in [3.05, 3.63) is 70.2 Å². The summed E-state index contributed by atoms with van der Waals surface area (Å²) in [5, 5.41) is 19.9. The first-order valence-electron chi connectivity index (χ1n) is 19.5. The van der Waals surface area contributed by atoms with Crippen LogP contribution in [0.4, 0.5) is 0 Å². The fourth-order valence-corrected chi connectivity index (χ4v) is 7.57. The van der Waals surface area contributed by atoms with Crippen molar-refractivity contribution in [3.8, 4) is 0 Å². The second-order valence-corrected chi connectivity index (χ2v) is 16.1. The molecule has 2 aromatic carbocycles. The van der Waals surface area contributed by atoms with Gasteiger partial charge in [0.1, 0.15) is 18.1 Å². The summed E-state index contributed by atoms with van der Waals surface area (Å²) in [4.78, 5) is 107. The molecule has 4 rings (SSSR count). The number of primary amides is 1. The molecule has 2 aliphatic rings. The lowest BCUT2D eigenvalue weighted by molar-refractivity contribution is -0.143. The van der Waals surface area contributed by atoms with Crippen LogP contribution in [0.5, 0.6) is 0 Å². The number of ether oxygens (including phenoxy) is 1. The van der Waals surface area contributed by atoms with Crippen molar-refractivity contribution in [3.63, 3.8) is 0 Å². The summed E-state index contributed by atoms with van der Waals surface area (Å²) in [6.45, 7) is 6.58. The van der Waals surface area contributed by atoms with Gasteiger partial charge >= 0.3 is 5.97 Å². The molecular formula is C41H53ClN6O10. The Hall–Kier alpha value is -5.35. The standard InChI is InChI=1S/C41H53ClN6O10/c1-5-11-29(34(50)38(54)44-21-31(49)46-32(35(43)51)24-14-10-17-27(42)19-24)45-37(53)30-20-28(58-41(2,3)4)22-48(30)39(55)33(23-12-7-6-8-13-23)47-36(52)25-15-9-16-26(18-25)40(56)57/h9-10,14-19,23,28-30,32-33H,5-8,11-13,20-22H2,1-4H3,(H2,43,51)(H,44,54)(H,45,53)(H,46,49)(H,47,52)(H,56,57)/t28-,29?,30+,32?,33+/m1/s1. The molecular weight excluding hydrogens is 772 g/mol. The number of carbonyl (C=O) groups is 8. The fourth-order valence-electron chi connectivity index (χ4n) is 7.37. The lowest BCUT2D eigenvalue weighted by atomic mass is 9.83. The molecule has 58 heavy (non-hydrogen) atoms. The van der Waals surface area contributed by atoms with Gasteiger partial charge in [-0.15, -0.1) is 0 Å². The third kappa shape index (κ3) is 12.6. The smallest absolute Gasteiger partial charge is 0.335 e. The molecule has 1 aliphatic heterocycles. The molecule has 5 atom stereocenters. The van der Waals surface area contributed by atoms with Crippen LogP contribution in [0.2, 0.25) is 5.02 Å². The quantitative estimate of drug-likeness (QED) is 0.127. The number of hydrogen-bond acceptors (Lipinski definition) is 9. The summed E-state index contributed by atoms with van der Waals surface area (Å²) in [6, 6.07) is 6.83. The first-order valence-corrected chi connectivity index (χ1v) is 19.8. The van der Waals surface area contributed by atoms with E-state index in [1.54, 1.807) is 19.1 Å². The fraction of sp³-hybridized carbons (Fsp3) is 0.512. The Labute approximate surface area is 342 Å². The van der Waals surface area contributed by atoms with Crippen molar-refractivity contribution in [2.24, 2.45) is 11.7 Å². The molecule has 7 N–H and O–H groups in total. The third-order valence-corrected chi connectivity index (χ3v) is 10.3. The van der Waals surface area contributed by atoms with Crippen LogP contribution in [-0.2, 0) is 33.5 Å². The van der Waals surface area contributed by atoms with E-state index in [4.69, 9.17) is 22.1 Å². The number of nitrogens with zero attached hydrogens (tertiary/aromatic N) is 1. The Bertz CT molecular complexity index is 1880. The van der Waals surface area contributed by atoms with Gasteiger partial charge in [-0.25, -0.2) is 4.79 Å². The Morgan fingerprint density at radius 1 is 0.931 bits per heavy atom. The molecule has 314 valence electrons. The lowest BCUT2D eigenvalue weighted by Gasteiger charge is -2.35. The normalized spacial score (nSPS) is 18.6. The number of likely N-dealkylation sites (tertiary alicyclic amines) is 1. The van der Waals surface area contributed by atoms with Crippen LogP contribution in [0.3, 0.4) is 0 Å². The number of carbonyl (C=O) groups excluding carboxylic acids is 7. The molecule has 1 heterocycles. The van der Waals surface area contributed by atoms with Crippen molar-refractivity contribution in [2.75, 3.05) is 13.1 Å². The number of nitrogens with one attached hydrogen (secondary N) is 4. The number of Topliss-reactive ketones (excluding diaryl/α,β-unsaturated/α-hetero) is 1. The molecule has 1 saturated heterocycles. The maximum absolute atomic E-state index is 14.6. The van der Waals surface area contributed by atoms with Crippen LogP contribution in [0.1, 0.15) is 111 Å². The van der Waals surface area contributed by atoms with Crippen molar-refractivity contribution < 1.29 is 48.2 Å². The predicted molar refractivity (Wildman–Crippen MR) is 212 cm³/mol. The number of carboxylic acid groups (broad SMARTS) is 1. The highest BCUT2D eigenvalue weighted by atomic mass is 35.5. The molecule has 2 unspecified atom stereocenters.